The smallest absolute Gasteiger partial charge is 0.224 e. The van der Waals surface area contributed by atoms with Crippen LogP contribution in [0.15, 0.2) is 0 Å². The summed E-state index contributed by atoms with van der Waals surface area (Å²) < 4.78 is 9.05. The second-order valence-corrected chi connectivity index (χ2v) is 8.25. The maximum absolute atomic E-state index is 12.4. The van der Waals surface area contributed by atoms with E-state index >= 15 is 0 Å². The number of amides is 1. The molecule has 1 aromatic rings. The number of nitrogens with one attached hydrogen (secondary N) is 1. The lowest BCUT2D eigenvalue weighted by Gasteiger charge is -2.42. The minimum Gasteiger partial charge on any atom is -0.383 e. The molecule has 0 aromatic carbocycles. The van der Waals surface area contributed by atoms with E-state index in [1.54, 1.807) is 7.11 Å². The lowest BCUT2D eigenvalue weighted by Crippen LogP contribution is -2.50. The highest BCUT2D eigenvalue weighted by molar-refractivity contribution is 7.05. The quantitative estimate of drug-likeness (QED) is 0.718. The van der Waals surface area contributed by atoms with Gasteiger partial charge >= 0.3 is 0 Å². The van der Waals surface area contributed by atoms with Gasteiger partial charge in [-0.25, -0.2) is 0 Å². The third-order valence-electron chi connectivity index (χ3n) is 5.62. The van der Waals surface area contributed by atoms with Gasteiger partial charge in [0.2, 0.25) is 5.91 Å². The van der Waals surface area contributed by atoms with E-state index in [1.807, 2.05) is 6.92 Å². The van der Waals surface area contributed by atoms with Gasteiger partial charge in [-0.05, 0) is 50.7 Å². The molecule has 2 aliphatic heterocycles. The summed E-state index contributed by atoms with van der Waals surface area (Å²) in [6.45, 7) is 8.46. The summed E-state index contributed by atoms with van der Waals surface area (Å²) >= 11 is 1.52. The van der Waals surface area contributed by atoms with E-state index in [4.69, 9.17) is 4.74 Å². The monoisotopic (exact) mass is 381 g/mol. The van der Waals surface area contributed by atoms with Crippen LogP contribution in [-0.4, -0.2) is 77.8 Å². The highest BCUT2D eigenvalue weighted by Gasteiger charge is 2.31. The number of ether oxygens (including phenoxy) is 1. The molecule has 1 N–H and O–H groups in total. The molecule has 3 heterocycles. The number of piperidine rings is 2. The van der Waals surface area contributed by atoms with Crippen molar-refractivity contribution in [3.05, 3.63) is 10.6 Å². The number of hydrogen-bond acceptors (Lipinski definition) is 7. The normalized spacial score (nSPS) is 23.2. The third-order valence-corrected chi connectivity index (χ3v) is 6.42. The topological polar surface area (TPSA) is 70.6 Å². The van der Waals surface area contributed by atoms with E-state index in [0.29, 0.717) is 19.2 Å². The summed E-state index contributed by atoms with van der Waals surface area (Å²) in [5.41, 5.74) is 1.07. The van der Waals surface area contributed by atoms with Crippen molar-refractivity contribution in [2.24, 2.45) is 5.92 Å². The molecule has 0 spiro atoms. The Morgan fingerprint density at radius 3 is 2.81 bits per heavy atom. The molecule has 8 heteroatoms. The number of carbonyl (C=O) groups is 1. The average Bonchev–Trinajstić information content (AvgIpc) is 3.07. The first-order chi connectivity index (χ1) is 12.7. The van der Waals surface area contributed by atoms with Gasteiger partial charge in [0.25, 0.3) is 0 Å². The summed E-state index contributed by atoms with van der Waals surface area (Å²) in [6.07, 6.45) is 4.49. The number of aryl methyl sites for hydroxylation is 1. The van der Waals surface area contributed by atoms with Crippen LogP contribution >= 0.6 is 11.5 Å². The summed E-state index contributed by atoms with van der Waals surface area (Å²) in [7, 11) is 1.66. The molecule has 0 bridgehead atoms. The Morgan fingerprint density at radius 1 is 1.31 bits per heavy atom. The molecule has 7 nitrogen and oxygen atoms in total. The fourth-order valence-corrected chi connectivity index (χ4v) is 4.69. The van der Waals surface area contributed by atoms with Crippen LogP contribution in [0.4, 0.5) is 0 Å². The van der Waals surface area contributed by atoms with Gasteiger partial charge in [0.15, 0.2) is 0 Å². The zero-order valence-electron chi connectivity index (χ0n) is 15.9. The Morgan fingerprint density at radius 2 is 2.12 bits per heavy atom. The molecule has 0 saturated carbocycles. The summed E-state index contributed by atoms with van der Waals surface area (Å²) in [4.78, 5) is 18.7. The first-order valence-electron chi connectivity index (χ1n) is 9.68. The summed E-state index contributed by atoms with van der Waals surface area (Å²) in [5.74, 6) is 0.321. The number of methoxy groups -OCH3 is 1. The van der Waals surface area contributed by atoms with E-state index in [9.17, 15) is 4.79 Å². The van der Waals surface area contributed by atoms with E-state index in [0.717, 1.165) is 51.3 Å². The molecule has 0 aliphatic carbocycles. The zero-order chi connectivity index (χ0) is 18.4. The maximum Gasteiger partial charge on any atom is 0.224 e. The van der Waals surface area contributed by atoms with Crippen molar-refractivity contribution in [3.8, 4) is 0 Å². The fourth-order valence-electron chi connectivity index (χ4n) is 4.01. The third kappa shape index (κ3) is 5.22. The molecule has 2 fully saturated rings. The second kappa shape index (κ2) is 9.73. The number of likely N-dealkylation sites (tertiary alicyclic amines) is 2. The van der Waals surface area contributed by atoms with Crippen molar-refractivity contribution in [2.45, 2.75) is 45.2 Å². The van der Waals surface area contributed by atoms with Crippen molar-refractivity contribution in [2.75, 3.05) is 46.4 Å². The van der Waals surface area contributed by atoms with Crippen molar-refractivity contribution >= 4 is 17.4 Å². The Balaban J connectivity index is 1.43. The average molecular weight is 382 g/mol. The standard InChI is InChI=1S/C18H31N5O2S/c1-14-17(26-21-20-14)13-22-9-5-16(6-10-22)23-8-3-4-15(12-23)18(24)19-7-11-25-2/h15-16H,3-13H2,1-2H3,(H,19,24)/t15-/m1/s1. The van der Waals surface area contributed by atoms with Crippen molar-refractivity contribution in [1.29, 1.82) is 0 Å². The van der Waals surface area contributed by atoms with Crippen molar-refractivity contribution in [3.63, 3.8) is 0 Å². The number of hydrogen-bond donors (Lipinski definition) is 1. The molecule has 2 aliphatic rings. The van der Waals surface area contributed by atoms with E-state index in [2.05, 4.69) is 24.7 Å². The van der Waals surface area contributed by atoms with Crippen LogP contribution in [0.3, 0.4) is 0 Å². The number of rotatable bonds is 7. The van der Waals surface area contributed by atoms with E-state index < -0.39 is 0 Å². The highest BCUT2D eigenvalue weighted by Crippen LogP contribution is 2.25. The lowest BCUT2D eigenvalue weighted by molar-refractivity contribution is -0.127. The van der Waals surface area contributed by atoms with Crippen LogP contribution in [0, 0.1) is 12.8 Å². The maximum atomic E-state index is 12.4. The first-order valence-corrected chi connectivity index (χ1v) is 10.5. The van der Waals surface area contributed by atoms with Gasteiger partial charge < -0.3 is 10.1 Å². The number of nitrogens with zero attached hydrogens (tertiary/aromatic N) is 4. The van der Waals surface area contributed by atoms with Gasteiger partial charge in [0.05, 0.1) is 23.1 Å². The predicted molar refractivity (Wildman–Crippen MR) is 102 cm³/mol. The Hall–Kier alpha value is -1.09. The van der Waals surface area contributed by atoms with Crippen LogP contribution in [0.1, 0.15) is 36.3 Å². The van der Waals surface area contributed by atoms with Crippen LogP contribution in [0.2, 0.25) is 0 Å². The van der Waals surface area contributed by atoms with Gasteiger partial charge in [0, 0.05) is 45.9 Å². The van der Waals surface area contributed by atoms with E-state index in [1.165, 1.54) is 29.3 Å². The number of carbonyl (C=O) groups excluding carboxylic acids is 1. The SMILES string of the molecule is COCCNC(=O)[C@@H]1CCCN(C2CCN(Cc3snnc3C)CC2)C1. The molecular weight excluding hydrogens is 350 g/mol. The largest absolute Gasteiger partial charge is 0.383 e. The summed E-state index contributed by atoms with van der Waals surface area (Å²) in [5, 5.41) is 7.11. The van der Waals surface area contributed by atoms with Crippen LogP contribution in [-0.2, 0) is 16.1 Å². The molecule has 2 saturated heterocycles. The minimum absolute atomic E-state index is 0.129. The van der Waals surface area contributed by atoms with Gasteiger partial charge in [-0.15, -0.1) is 5.10 Å². The molecule has 26 heavy (non-hydrogen) atoms. The minimum atomic E-state index is 0.129. The van der Waals surface area contributed by atoms with Gasteiger partial charge in [-0.1, -0.05) is 4.49 Å². The molecule has 3 rings (SSSR count). The van der Waals surface area contributed by atoms with E-state index in [-0.39, 0.29) is 11.8 Å². The van der Waals surface area contributed by atoms with Crippen LogP contribution in [0.25, 0.3) is 0 Å². The molecular formula is C18H31N5O2S. The Kier molecular flexibility index (Phi) is 7.36. The molecule has 0 unspecified atom stereocenters. The second-order valence-electron chi connectivity index (χ2n) is 7.41. The fraction of sp³-hybridized carbons (Fsp3) is 0.833. The molecule has 0 radical (unpaired) electrons. The zero-order valence-corrected chi connectivity index (χ0v) is 16.8. The molecule has 1 aromatic heterocycles. The highest BCUT2D eigenvalue weighted by atomic mass is 32.1. The number of aromatic nitrogens is 2. The first kappa shape index (κ1) is 19.7. The molecule has 1 atom stereocenters. The van der Waals surface area contributed by atoms with Gasteiger partial charge in [-0.2, -0.15) is 0 Å². The van der Waals surface area contributed by atoms with Crippen molar-refractivity contribution < 1.29 is 9.53 Å². The van der Waals surface area contributed by atoms with Gasteiger partial charge in [0.1, 0.15) is 0 Å². The summed E-state index contributed by atoms with van der Waals surface area (Å²) in [6, 6.07) is 0.613. The van der Waals surface area contributed by atoms with Gasteiger partial charge in [-0.3, -0.25) is 14.6 Å². The predicted octanol–water partition coefficient (Wildman–Crippen LogP) is 1.29. The molecule has 1 amide bonds. The molecule has 146 valence electrons. The Labute approximate surface area is 160 Å². The Bertz CT molecular complexity index is 574. The van der Waals surface area contributed by atoms with Crippen LogP contribution in [0.5, 0.6) is 0 Å². The van der Waals surface area contributed by atoms with Crippen molar-refractivity contribution in [1.82, 2.24) is 24.7 Å². The van der Waals surface area contributed by atoms with Crippen LogP contribution < -0.4 is 5.32 Å². The lowest BCUT2D eigenvalue weighted by atomic mass is 9.93.